The van der Waals surface area contributed by atoms with Gasteiger partial charge in [-0.2, -0.15) is 0 Å². The summed E-state index contributed by atoms with van der Waals surface area (Å²) >= 11 is 0. The number of ether oxygens (including phenoxy) is 5. The molecule has 6 nitrogen and oxygen atoms in total. The summed E-state index contributed by atoms with van der Waals surface area (Å²) in [4.78, 5) is 0. The Balaban J connectivity index is 1.36. The molecule has 3 aromatic carbocycles. The minimum absolute atomic E-state index is 0.00301. The number of aliphatic hydroxyl groups excluding tert-OH is 1. The van der Waals surface area contributed by atoms with Gasteiger partial charge >= 0.3 is 0 Å². The minimum Gasteiger partial charge on any atom is -0.385 e. The highest BCUT2D eigenvalue weighted by Crippen LogP contribution is 2.44. The fourth-order valence-electron chi connectivity index (χ4n) is 6.22. The van der Waals surface area contributed by atoms with E-state index in [1.807, 2.05) is 91.0 Å². The molecule has 5 rings (SSSR count). The van der Waals surface area contributed by atoms with Gasteiger partial charge in [0.05, 0.1) is 32.5 Å². The van der Waals surface area contributed by atoms with E-state index in [1.165, 1.54) is 6.42 Å². The van der Waals surface area contributed by atoms with Crippen molar-refractivity contribution in [1.29, 1.82) is 0 Å². The van der Waals surface area contributed by atoms with Crippen LogP contribution >= 0.6 is 0 Å². The van der Waals surface area contributed by atoms with Crippen molar-refractivity contribution in [3.05, 3.63) is 108 Å². The lowest BCUT2D eigenvalue weighted by molar-refractivity contribution is -0.330. The van der Waals surface area contributed by atoms with E-state index in [-0.39, 0.29) is 18.1 Å². The average Bonchev–Trinajstić information content (AvgIpc) is 3.02. The van der Waals surface area contributed by atoms with Gasteiger partial charge in [-0.15, -0.1) is 0 Å². The fourth-order valence-corrected chi connectivity index (χ4v) is 6.22. The van der Waals surface area contributed by atoms with Crippen LogP contribution in [0.4, 0.5) is 0 Å². The molecule has 1 saturated heterocycles. The van der Waals surface area contributed by atoms with Gasteiger partial charge in [0, 0.05) is 0 Å². The Morgan fingerprint density at radius 1 is 0.791 bits per heavy atom. The van der Waals surface area contributed by atoms with Crippen LogP contribution < -0.4 is 0 Å². The molecule has 232 valence electrons. The summed E-state index contributed by atoms with van der Waals surface area (Å²) in [5.41, 5.74) is 3.35. The Morgan fingerprint density at radius 2 is 1.33 bits per heavy atom. The number of rotatable bonds is 13. The van der Waals surface area contributed by atoms with E-state index in [1.54, 1.807) is 0 Å². The molecule has 1 N–H and O–H groups in total. The quantitative estimate of drug-likeness (QED) is 0.230. The highest BCUT2D eigenvalue weighted by molar-refractivity contribution is 5.15. The number of hydrogen-bond acceptors (Lipinski definition) is 6. The van der Waals surface area contributed by atoms with Crippen LogP contribution in [0, 0.1) is 11.3 Å². The summed E-state index contributed by atoms with van der Waals surface area (Å²) in [6.45, 7) is 8.36. The highest BCUT2D eigenvalue weighted by Gasteiger charge is 2.49. The molecule has 7 atom stereocenters. The van der Waals surface area contributed by atoms with Crippen LogP contribution in [-0.2, 0) is 43.5 Å². The number of hydrogen-bond donors (Lipinski definition) is 1. The van der Waals surface area contributed by atoms with Crippen LogP contribution in [0.1, 0.15) is 63.1 Å². The molecule has 2 unspecified atom stereocenters. The molecular formula is C37H48O6. The third kappa shape index (κ3) is 8.75. The lowest BCUT2D eigenvalue weighted by Crippen LogP contribution is -2.61. The summed E-state index contributed by atoms with van der Waals surface area (Å²) in [5, 5.41) is 11.8. The van der Waals surface area contributed by atoms with Gasteiger partial charge in [-0.1, -0.05) is 118 Å². The fraction of sp³-hybridized carbons (Fsp3) is 0.514. The van der Waals surface area contributed by atoms with Crippen molar-refractivity contribution < 1.29 is 28.8 Å². The summed E-state index contributed by atoms with van der Waals surface area (Å²) in [6.07, 6.45) is 0.572. The Morgan fingerprint density at radius 3 is 1.88 bits per heavy atom. The van der Waals surface area contributed by atoms with Crippen molar-refractivity contribution in [2.45, 2.75) is 103 Å². The molecule has 1 heterocycles. The maximum atomic E-state index is 11.8. The van der Waals surface area contributed by atoms with E-state index in [9.17, 15) is 5.11 Å². The zero-order valence-electron chi connectivity index (χ0n) is 25.8. The minimum atomic E-state index is -1.03. The van der Waals surface area contributed by atoms with Crippen molar-refractivity contribution in [3.63, 3.8) is 0 Å². The van der Waals surface area contributed by atoms with Crippen molar-refractivity contribution in [2.24, 2.45) is 11.3 Å². The van der Waals surface area contributed by atoms with E-state index in [2.05, 4.69) is 20.8 Å². The molecule has 43 heavy (non-hydrogen) atoms. The number of benzene rings is 3. The zero-order chi connectivity index (χ0) is 30.1. The van der Waals surface area contributed by atoms with Gasteiger partial charge < -0.3 is 28.8 Å². The van der Waals surface area contributed by atoms with Gasteiger partial charge in [0.2, 0.25) is 0 Å². The average molecular weight is 589 g/mol. The molecule has 6 heteroatoms. The molecule has 2 fully saturated rings. The highest BCUT2D eigenvalue weighted by atomic mass is 16.7. The lowest BCUT2D eigenvalue weighted by atomic mass is 9.67. The molecule has 0 spiro atoms. The summed E-state index contributed by atoms with van der Waals surface area (Å²) in [5.74, 6) is 0.549. The van der Waals surface area contributed by atoms with Crippen molar-refractivity contribution in [2.75, 3.05) is 6.61 Å². The Kier molecular flexibility index (Phi) is 11.4. The van der Waals surface area contributed by atoms with E-state index < -0.39 is 30.7 Å². The molecule has 0 aromatic heterocycles. The molecule has 0 bridgehead atoms. The second-order valence-electron chi connectivity index (χ2n) is 12.7. The second-order valence-corrected chi connectivity index (χ2v) is 12.7. The first-order chi connectivity index (χ1) is 20.9. The van der Waals surface area contributed by atoms with Gasteiger partial charge in [0.1, 0.15) is 24.4 Å². The summed E-state index contributed by atoms with van der Waals surface area (Å²) in [7, 11) is 0. The van der Waals surface area contributed by atoms with Crippen LogP contribution in [0.25, 0.3) is 0 Å². The third-order valence-electron chi connectivity index (χ3n) is 9.27. The van der Waals surface area contributed by atoms with Crippen LogP contribution in [0.3, 0.4) is 0 Å². The summed E-state index contributed by atoms with van der Waals surface area (Å²) in [6, 6.07) is 30.1. The van der Waals surface area contributed by atoms with E-state index >= 15 is 0 Å². The van der Waals surface area contributed by atoms with E-state index in [0.29, 0.717) is 25.7 Å². The Labute approximate surface area is 257 Å². The second kappa shape index (κ2) is 15.4. The first-order valence-electron chi connectivity index (χ1n) is 15.8. The van der Waals surface area contributed by atoms with Crippen molar-refractivity contribution in [1.82, 2.24) is 0 Å². The molecule has 0 radical (unpaired) electrons. The van der Waals surface area contributed by atoms with E-state index in [0.717, 1.165) is 36.0 Å². The summed E-state index contributed by atoms with van der Waals surface area (Å²) < 4.78 is 32.4. The topological polar surface area (TPSA) is 66.4 Å². The van der Waals surface area contributed by atoms with Gasteiger partial charge in [-0.05, 0) is 47.3 Å². The molecule has 0 amide bonds. The van der Waals surface area contributed by atoms with Crippen LogP contribution in [0.5, 0.6) is 0 Å². The van der Waals surface area contributed by atoms with Crippen molar-refractivity contribution >= 4 is 0 Å². The van der Waals surface area contributed by atoms with Gasteiger partial charge in [-0.25, -0.2) is 0 Å². The molecule has 1 aliphatic carbocycles. The monoisotopic (exact) mass is 588 g/mol. The standard InChI is InChI=1S/C37H48O6/c1-27(2)37(3)21-13-20-31(22-37)42-36-33(38)35(41-25-30-18-11-6-12-19-30)34(40-24-29-16-9-5-10-17-29)32(43-36)26-39-23-28-14-7-4-8-15-28/h4-12,14-19,27,31-36,38H,13,20-26H2,1-3H3/t31?,32-,33-,34-,35-,36-,37?/m1/s1. The molecule has 3 aromatic rings. The van der Waals surface area contributed by atoms with Crippen LogP contribution in [0.2, 0.25) is 0 Å². The number of aliphatic hydroxyl groups is 1. The largest absolute Gasteiger partial charge is 0.385 e. The van der Waals surface area contributed by atoms with Gasteiger partial charge in [0.25, 0.3) is 0 Å². The smallest absolute Gasteiger partial charge is 0.186 e. The van der Waals surface area contributed by atoms with Crippen LogP contribution in [-0.4, -0.2) is 48.5 Å². The van der Waals surface area contributed by atoms with Gasteiger partial charge in [-0.3, -0.25) is 0 Å². The lowest BCUT2D eigenvalue weighted by Gasteiger charge is -2.47. The van der Waals surface area contributed by atoms with Gasteiger partial charge in [0.15, 0.2) is 6.29 Å². The SMILES string of the molecule is CC(C)C1(C)CCCC(O[C@@H]2O[C@H](COCc3ccccc3)[C@@H](OCc3ccccc3)[C@H](OCc3ccccc3)[C@H]2O)C1. The van der Waals surface area contributed by atoms with Crippen molar-refractivity contribution in [3.8, 4) is 0 Å². The Bertz CT molecular complexity index is 1210. The third-order valence-corrected chi connectivity index (χ3v) is 9.27. The Hall–Kier alpha value is -2.58. The predicted octanol–water partition coefficient (Wildman–Crippen LogP) is 7.08. The maximum absolute atomic E-state index is 11.8. The first-order valence-corrected chi connectivity index (χ1v) is 15.8. The predicted molar refractivity (Wildman–Crippen MR) is 167 cm³/mol. The molecular weight excluding hydrogens is 540 g/mol. The van der Waals surface area contributed by atoms with E-state index in [4.69, 9.17) is 23.7 Å². The zero-order valence-corrected chi connectivity index (χ0v) is 25.8. The molecule has 1 saturated carbocycles. The van der Waals surface area contributed by atoms with Crippen LogP contribution in [0.15, 0.2) is 91.0 Å². The first kappa shape index (κ1) is 31.8. The normalized spacial score (nSPS) is 29.5. The maximum Gasteiger partial charge on any atom is 0.186 e. The molecule has 2 aliphatic rings. The molecule has 1 aliphatic heterocycles.